The molecule has 0 amide bonds. The van der Waals surface area contributed by atoms with Gasteiger partial charge in [-0.05, 0) is 44.2 Å². The van der Waals surface area contributed by atoms with Gasteiger partial charge in [-0.15, -0.1) is 0 Å². The molecule has 0 heterocycles. The normalized spacial score (nSPS) is 13.5. The van der Waals surface area contributed by atoms with Crippen molar-refractivity contribution in [3.8, 4) is 0 Å². The van der Waals surface area contributed by atoms with Crippen LogP contribution >= 0.6 is 11.6 Å². The van der Waals surface area contributed by atoms with Crippen LogP contribution in [0.2, 0.25) is 5.02 Å². The average molecular weight is 419 g/mol. The van der Waals surface area contributed by atoms with Crippen molar-refractivity contribution in [3.63, 3.8) is 0 Å². The molecular formula is C18H136ClNO. The number of ketones is 1. The van der Waals surface area contributed by atoms with Gasteiger partial charge in [-0.1, -0.05) is 51.4 Å². The molecule has 3 heteroatoms. The summed E-state index contributed by atoms with van der Waals surface area (Å²) in [6.45, 7) is 12.6. The second-order valence-corrected chi connectivity index (χ2v) is 6.87. The van der Waals surface area contributed by atoms with Gasteiger partial charge in [0.05, 0.1) is 6.04 Å². The Labute approximate surface area is 214 Å². The standard InChI is InChI=1S/C18H28ClNO.54H2/c1-7-18(6,8-2)20-16(12(3)4)17(21)14-10-9-13(5)15(19)11-14;;;;;;;;;;;;;;;;;;;;;;;;;;;;;;;;;;;;;;;;;;;;;;;;;;;;;;/h9-12,16,20H,7-8H2,1-6H3;54*1H. The third-order valence-corrected chi connectivity index (χ3v) is 4.88. The maximum absolute atomic E-state index is 12.8. The van der Waals surface area contributed by atoms with Crippen LogP contribution < -0.4 is 5.32 Å². The molecule has 0 aromatic heterocycles. The van der Waals surface area contributed by atoms with Crippen molar-refractivity contribution in [1.82, 2.24) is 5.32 Å². The molecule has 21 heavy (non-hydrogen) atoms. The summed E-state index contributed by atoms with van der Waals surface area (Å²) in [5.74, 6) is 0.357. The first-order valence-corrected chi connectivity index (χ1v) is 8.20. The van der Waals surface area contributed by atoms with Crippen LogP contribution in [0, 0.1) is 12.8 Å². The molecule has 0 radical (unpaired) electrons. The first kappa shape index (κ1) is 18.2. The molecule has 1 atom stereocenters. The Morgan fingerprint density at radius 2 is 1.90 bits per heavy atom. The Hall–Kier alpha value is -0.860. The second-order valence-electron chi connectivity index (χ2n) is 6.46. The third-order valence-electron chi connectivity index (χ3n) is 4.47. The number of Topliss-reactive ketones (excluding diaryl/α,β-unsaturated/α-hetero) is 1. The van der Waals surface area contributed by atoms with E-state index in [1.165, 1.54) is 0 Å². The molecule has 0 aliphatic rings. The van der Waals surface area contributed by atoms with E-state index in [4.69, 9.17) is 11.6 Å². The van der Waals surface area contributed by atoms with Crippen LogP contribution in [0.3, 0.4) is 0 Å². The van der Waals surface area contributed by atoms with Crippen molar-refractivity contribution >= 4 is 17.4 Å². The topological polar surface area (TPSA) is 29.1 Å². The predicted octanol–water partition coefficient (Wildman–Crippen LogP) is 18.3. The second kappa shape index (κ2) is 7.42. The Morgan fingerprint density at radius 3 is 2.33 bits per heavy atom. The monoisotopic (exact) mass is 418 g/mol. The summed E-state index contributed by atoms with van der Waals surface area (Å²) >= 11 is 6.16. The Bertz CT molecular complexity index is 556. The predicted molar refractivity (Wildman–Crippen MR) is 205 cm³/mol. The lowest BCUT2D eigenvalue weighted by molar-refractivity contribution is 0.0883. The van der Waals surface area contributed by atoms with E-state index in [1.54, 1.807) is 6.07 Å². The summed E-state index contributed by atoms with van der Waals surface area (Å²) in [5, 5.41) is 4.22. The van der Waals surface area contributed by atoms with Crippen LogP contribution in [-0.4, -0.2) is 17.4 Å². The van der Waals surface area contributed by atoms with Gasteiger partial charge in [0.1, 0.15) is 0 Å². The van der Waals surface area contributed by atoms with Crippen LogP contribution in [-0.2, 0) is 0 Å². The van der Waals surface area contributed by atoms with Crippen molar-refractivity contribution in [2.24, 2.45) is 5.92 Å². The highest BCUT2D eigenvalue weighted by Crippen LogP contribution is 2.22. The molecule has 0 bridgehead atoms. The fourth-order valence-electron chi connectivity index (χ4n) is 2.29. The Morgan fingerprint density at radius 1 is 1.33 bits per heavy atom. The van der Waals surface area contributed by atoms with E-state index in [0.29, 0.717) is 10.6 Å². The summed E-state index contributed by atoms with van der Waals surface area (Å²) < 4.78 is 0. The fourth-order valence-corrected chi connectivity index (χ4v) is 2.47. The zero-order valence-corrected chi connectivity index (χ0v) is 14.8. The van der Waals surface area contributed by atoms with Gasteiger partial charge in [0, 0.05) is 93.2 Å². The van der Waals surface area contributed by atoms with Gasteiger partial charge in [-0.2, -0.15) is 0 Å². The van der Waals surface area contributed by atoms with Crippen molar-refractivity contribution in [2.45, 2.75) is 66.0 Å². The van der Waals surface area contributed by atoms with Crippen molar-refractivity contribution in [3.05, 3.63) is 34.3 Å². The minimum Gasteiger partial charge on any atom is -0.302 e. The van der Waals surface area contributed by atoms with E-state index in [-0.39, 0.29) is 100 Å². The number of benzene rings is 1. The number of aryl methyl sites for hydroxylation is 1. The molecule has 1 N–H and O–H groups in total. The van der Waals surface area contributed by atoms with Gasteiger partial charge >= 0.3 is 0 Å². The van der Waals surface area contributed by atoms with Crippen LogP contribution in [0.25, 0.3) is 0 Å². The zero-order chi connectivity index (χ0) is 16.2. The molecule has 1 aromatic rings. The molecule has 0 fully saturated rings. The van der Waals surface area contributed by atoms with Crippen molar-refractivity contribution < 1.29 is 81.8 Å². The maximum Gasteiger partial charge on any atom is 0.180 e. The van der Waals surface area contributed by atoms with E-state index in [1.807, 2.05) is 19.1 Å². The van der Waals surface area contributed by atoms with Gasteiger partial charge in [0.15, 0.2) is 5.78 Å². The number of carbonyl (C=O) groups is 1. The van der Waals surface area contributed by atoms with Gasteiger partial charge in [-0.25, -0.2) is 0 Å². The molecule has 1 rings (SSSR count). The van der Waals surface area contributed by atoms with Gasteiger partial charge in [0.25, 0.3) is 0 Å². The lowest BCUT2D eigenvalue weighted by Gasteiger charge is -2.35. The third kappa shape index (κ3) is 4.55. The minimum absolute atomic E-state index is 0. The Balaban J connectivity index is -0.00000000157. The highest BCUT2D eigenvalue weighted by atomic mass is 35.5. The van der Waals surface area contributed by atoms with Crippen LogP contribution in [0.1, 0.15) is 140 Å². The fraction of sp³-hybridized carbons (Fsp3) is 0.611. The molecule has 0 saturated carbocycles. The van der Waals surface area contributed by atoms with Gasteiger partial charge < -0.3 is 5.32 Å². The van der Waals surface area contributed by atoms with E-state index in [0.717, 1.165) is 18.4 Å². The van der Waals surface area contributed by atoms with E-state index in [2.05, 4.69) is 39.9 Å². The lowest BCUT2D eigenvalue weighted by atomic mass is 9.88. The van der Waals surface area contributed by atoms with E-state index in [9.17, 15) is 4.79 Å². The van der Waals surface area contributed by atoms with E-state index >= 15 is 0 Å². The first-order valence-electron chi connectivity index (χ1n) is 7.82. The van der Waals surface area contributed by atoms with Crippen LogP contribution in [0.15, 0.2) is 18.2 Å². The highest BCUT2D eigenvalue weighted by molar-refractivity contribution is 6.31. The van der Waals surface area contributed by atoms with Gasteiger partial charge in [0.2, 0.25) is 0 Å². The number of carbonyl (C=O) groups excluding carboxylic acids is 1. The number of halogens is 1. The van der Waals surface area contributed by atoms with Crippen molar-refractivity contribution in [2.75, 3.05) is 0 Å². The molecule has 0 saturated heterocycles. The van der Waals surface area contributed by atoms with Crippen molar-refractivity contribution in [1.29, 1.82) is 0 Å². The zero-order valence-electron chi connectivity index (χ0n) is 14.1. The Kier molecular flexibility index (Phi) is 6.42. The molecular weight excluding hydrogens is 282 g/mol. The molecule has 226 valence electrons. The largest absolute Gasteiger partial charge is 0.302 e. The molecule has 0 aliphatic heterocycles. The molecule has 1 aromatic carbocycles. The minimum atomic E-state index is -0.186. The summed E-state index contributed by atoms with van der Waals surface area (Å²) in [7, 11) is 0. The number of rotatable bonds is 7. The molecule has 2 nitrogen and oxygen atoms in total. The van der Waals surface area contributed by atoms with E-state index < -0.39 is 0 Å². The molecule has 0 aliphatic carbocycles. The summed E-state index contributed by atoms with van der Waals surface area (Å²) in [6.07, 6.45) is 1.99. The van der Waals surface area contributed by atoms with Crippen LogP contribution in [0.5, 0.6) is 0 Å². The smallest absolute Gasteiger partial charge is 0.180 e. The maximum atomic E-state index is 12.8. The number of hydrogen-bond donors (Lipinski definition) is 1. The quantitative estimate of drug-likeness (QED) is 0.446. The molecule has 1 unspecified atom stereocenters. The lowest BCUT2D eigenvalue weighted by Crippen LogP contribution is -2.53. The summed E-state index contributed by atoms with van der Waals surface area (Å²) in [6, 6.07) is 5.38. The first-order chi connectivity index (χ1) is 9.74. The van der Waals surface area contributed by atoms with Crippen LogP contribution in [0.4, 0.5) is 0 Å². The number of nitrogens with one attached hydrogen (secondary N) is 1. The van der Waals surface area contributed by atoms with Gasteiger partial charge in [-0.3, -0.25) is 4.79 Å². The SMILES string of the molecule is CCC(C)(CC)NC(C(=O)c1ccc(C)c(Cl)c1)C(C)C.[HH].[HH].[HH].[HH].[HH].[HH].[HH].[HH].[HH].[HH].[HH].[HH].[HH].[HH].[HH].[HH].[HH].[HH].[HH].[HH].[HH].[HH].[HH].[HH].[HH].[HH].[HH].[HH].[HH].[HH].[HH].[HH].[HH].[HH].[HH].[HH].[HH].[HH].[HH].[HH].[HH].[HH].[HH].[HH].[HH].[HH].[HH].[HH].[HH].[HH].[HH].[HH].[HH].[HH]. The number of hydrogen-bond acceptors (Lipinski definition) is 2. The summed E-state index contributed by atoms with van der Waals surface area (Å²) in [4.78, 5) is 12.8. The summed E-state index contributed by atoms with van der Waals surface area (Å²) in [5.41, 5.74) is 1.67. The highest BCUT2D eigenvalue weighted by Gasteiger charge is 2.30. The molecule has 0 spiro atoms. The average Bonchev–Trinajstić information content (AvgIpc) is 2.46.